The Hall–Kier alpha value is -0.0800. The molecule has 1 aliphatic rings. The Kier molecular flexibility index (Phi) is 2.32. The van der Waals surface area contributed by atoms with Crippen LogP contribution >= 0.6 is 0 Å². The van der Waals surface area contributed by atoms with Crippen LogP contribution in [0.25, 0.3) is 0 Å². The number of hydrogen-bond acceptors (Lipinski definition) is 2. The van der Waals surface area contributed by atoms with Crippen LogP contribution in [0.15, 0.2) is 0 Å². The molecule has 0 radical (unpaired) electrons. The molecule has 0 aliphatic carbocycles. The van der Waals surface area contributed by atoms with E-state index in [9.17, 15) is 0 Å². The van der Waals surface area contributed by atoms with Gasteiger partial charge in [-0.1, -0.05) is 13.8 Å². The molecule has 0 spiro atoms. The van der Waals surface area contributed by atoms with Gasteiger partial charge in [0.2, 0.25) is 0 Å². The Balaban J connectivity index is 2.46. The van der Waals surface area contributed by atoms with E-state index in [1.807, 2.05) is 0 Å². The van der Waals surface area contributed by atoms with E-state index in [-0.39, 0.29) is 6.61 Å². The summed E-state index contributed by atoms with van der Waals surface area (Å²) in [4.78, 5) is 0. The summed E-state index contributed by atoms with van der Waals surface area (Å²) in [5.74, 6) is 0.395. The predicted octanol–water partition coefficient (Wildman–Crippen LogP) is 1.04. The summed E-state index contributed by atoms with van der Waals surface area (Å²) < 4.78 is 5.14. The first kappa shape index (κ1) is 8.02. The molecule has 2 heteroatoms. The molecule has 1 unspecified atom stereocenters. The third-order valence-corrected chi connectivity index (χ3v) is 2.80. The lowest BCUT2D eigenvalue weighted by Gasteiger charge is -2.45. The maximum atomic E-state index is 8.91. The summed E-state index contributed by atoms with van der Waals surface area (Å²) >= 11 is 0. The van der Waals surface area contributed by atoms with Gasteiger partial charge in [-0.3, -0.25) is 0 Å². The van der Waals surface area contributed by atoms with Gasteiger partial charge in [-0.25, -0.2) is 0 Å². The summed E-state index contributed by atoms with van der Waals surface area (Å²) in [6.07, 6.45) is 1.12. The Morgan fingerprint density at radius 2 is 2.20 bits per heavy atom. The van der Waals surface area contributed by atoms with Gasteiger partial charge in [0.15, 0.2) is 0 Å². The van der Waals surface area contributed by atoms with Crippen LogP contribution < -0.4 is 0 Å². The standard InChI is InChI=1S/C8H16O2/c1-3-8(5-10-6-8)7(2)4-9/h7,9H,3-6H2,1-2H3. The largest absolute Gasteiger partial charge is 0.396 e. The van der Waals surface area contributed by atoms with E-state index >= 15 is 0 Å². The molecule has 0 saturated carbocycles. The van der Waals surface area contributed by atoms with Crippen molar-refractivity contribution in [3.8, 4) is 0 Å². The molecule has 1 rings (SSSR count). The Labute approximate surface area is 62.2 Å². The summed E-state index contributed by atoms with van der Waals surface area (Å²) in [6.45, 7) is 6.22. The summed E-state index contributed by atoms with van der Waals surface area (Å²) in [7, 11) is 0. The van der Waals surface area contributed by atoms with Crippen molar-refractivity contribution in [2.75, 3.05) is 19.8 Å². The minimum atomic E-state index is 0.289. The highest BCUT2D eigenvalue weighted by Crippen LogP contribution is 2.38. The van der Waals surface area contributed by atoms with Gasteiger partial charge < -0.3 is 9.84 Å². The molecule has 1 atom stereocenters. The molecular formula is C8H16O2. The summed E-state index contributed by atoms with van der Waals surface area (Å²) in [6, 6.07) is 0. The molecule has 0 amide bonds. The molecule has 1 saturated heterocycles. The lowest BCUT2D eigenvalue weighted by molar-refractivity contribution is -0.151. The first-order chi connectivity index (χ1) is 4.75. The van der Waals surface area contributed by atoms with Gasteiger partial charge in [-0.05, 0) is 12.3 Å². The zero-order valence-corrected chi connectivity index (χ0v) is 6.76. The third-order valence-electron chi connectivity index (χ3n) is 2.80. The molecule has 1 fully saturated rings. The Morgan fingerprint density at radius 1 is 1.60 bits per heavy atom. The van der Waals surface area contributed by atoms with Gasteiger partial charge in [0.25, 0.3) is 0 Å². The lowest BCUT2D eigenvalue weighted by atomic mass is 9.73. The van der Waals surface area contributed by atoms with Crippen LogP contribution in [0, 0.1) is 11.3 Å². The zero-order chi connectivity index (χ0) is 7.61. The van der Waals surface area contributed by atoms with Gasteiger partial charge in [0, 0.05) is 12.0 Å². The molecule has 0 aromatic rings. The maximum absolute atomic E-state index is 8.91. The van der Waals surface area contributed by atoms with Crippen molar-refractivity contribution in [3.05, 3.63) is 0 Å². The molecule has 0 aromatic carbocycles. The SMILES string of the molecule is CCC1(C(C)CO)COC1. The predicted molar refractivity (Wildman–Crippen MR) is 39.8 cm³/mol. The van der Waals surface area contributed by atoms with Crippen LogP contribution in [0.4, 0.5) is 0 Å². The van der Waals surface area contributed by atoms with Crippen molar-refractivity contribution < 1.29 is 9.84 Å². The lowest BCUT2D eigenvalue weighted by Crippen LogP contribution is -2.48. The maximum Gasteiger partial charge on any atom is 0.0548 e. The highest BCUT2D eigenvalue weighted by Gasteiger charge is 2.41. The third kappa shape index (κ3) is 1.06. The normalized spacial score (nSPS) is 25.5. The second-order valence-corrected chi connectivity index (χ2v) is 3.29. The number of hydrogen-bond donors (Lipinski definition) is 1. The van der Waals surface area contributed by atoms with E-state index in [1.165, 1.54) is 0 Å². The van der Waals surface area contributed by atoms with Crippen molar-refractivity contribution in [1.29, 1.82) is 0 Å². The van der Waals surface area contributed by atoms with Gasteiger partial charge >= 0.3 is 0 Å². The van der Waals surface area contributed by atoms with Crippen LogP contribution in [0.2, 0.25) is 0 Å². The molecule has 1 N–H and O–H groups in total. The zero-order valence-electron chi connectivity index (χ0n) is 6.76. The van der Waals surface area contributed by atoms with E-state index in [0.717, 1.165) is 19.6 Å². The fourth-order valence-corrected chi connectivity index (χ4v) is 1.40. The van der Waals surface area contributed by atoms with Crippen LogP contribution in [-0.4, -0.2) is 24.9 Å². The number of ether oxygens (including phenoxy) is 1. The molecule has 10 heavy (non-hydrogen) atoms. The fraction of sp³-hybridized carbons (Fsp3) is 1.00. The van der Waals surface area contributed by atoms with Gasteiger partial charge in [0.1, 0.15) is 0 Å². The van der Waals surface area contributed by atoms with Crippen molar-refractivity contribution >= 4 is 0 Å². The van der Waals surface area contributed by atoms with Crippen molar-refractivity contribution in [2.24, 2.45) is 11.3 Å². The highest BCUT2D eigenvalue weighted by molar-refractivity contribution is 4.88. The summed E-state index contributed by atoms with van der Waals surface area (Å²) in [5.41, 5.74) is 0.300. The van der Waals surface area contributed by atoms with E-state index in [0.29, 0.717) is 11.3 Å². The quantitative estimate of drug-likeness (QED) is 0.641. The molecular weight excluding hydrogens is 128 g/mol. The van der Waals surface area contributed by atoms with E-state index in [4.69, 9.17) is 9.84 Å². The first-order valence-corrected chi connectivity index (χ1v) is 3.94. The van der Waals surface area contributed by atoms with E-state index in [2.05, 4.69) is 13.8 Å². The molecule has 0 aromatic heterocycles. The van der Waals surface area contributed by atoms with E-state index in [1.54, 1.807) is 0 Å². The number of rotatable bonds is 3. The minimum Gasteiger partial charge on any atom is -0.396 e. The Morgan fingerprint density at radius 3 is 2.30 bits per heavy atom. The molecule has 60 valence electrons. The number of aliphatic hydroxyl groups is 1. The molecule has 0 bridgehead atoms. The van der Waals surface area contributed by atoms with Crippen LogP contribution in [0.3, 0.4) is 0 Å². The second-order valence-electron chi connectivity index (χ2n) is 3.29. The topological polar surface area (TPSA) is 29.5 Å². The van der Waals surface area contributed by atoms with Crippen LogP contribution in [0.1, 0.15) is 20.3 Å². The number of aliphatic hydroxyl groups excluding tert-OH is 1. The van der Waals surface area contributed by atoms with Crippen LogP contribution in [0.5, 0.6) is 0 Å². The summed E-state index contributed by atoms with van der Waals surface area (Å²) in [5, 5.41) is 8.91. The average Bonchev–Trinajstić information content (AvgIpc) is 1.86. The highest BCUT2D eigenvalue weighted by atomic mass is 16.5. The van der Waals surface area contributed by atoms with Gasteiger partial charge in [-0.15, -0.1) is 0 Å². The van der Waals surface area contributed by atoms with Gasteiger partial charge in [-0.2, -0.15) is 0 Å². The Bertz CT molecular complexity index is 102. The molecule has 2 nitrogen and oxygen atoms in total. The van der Waals surface area contributed by atoms with Gasteiger partial charge in [0.05, 0.1) is 13.2 Å². The molecule has 1 aliphatic heterocycles. The van der Waals surface area contributed by atoms with Crippen molar-refractivity contribution in [1.82, 2.24) is 0 Å². The molecule has 1 heterocycles. The smallest absolute Gasteiger partial charge is 0.0548 e. The monoisotopic (exact) mass is 144 g/mol. The second kappa shape index (κ2) is 2.89. The fourth-order valence-electron chi connectivity index (χ4n) is 1.40. The average molecular weight is 144 g/mol. The van der Waals surface area contributed by atoms with E-state index < -0.39 is 0 Å². The first-order valence-electron chi connectivity index (χ1n) is 3.94. The van der Waals surface area contributed by atoms with Crippen LogP contribution in [-0.2, 0) is 4.74 Å². The van der Waals surface area contributed by atoms with Crippen molar-refractivity contribution in [2.45, 2.75) is 20.3 Å². The minimum absolute atomic E-state index is 0.289. The van der Waals surface area contributed by atoms with Crippen molar-refractivity contribution in [3.63, 3.8) is 0 Å².